The van der Waals surface area contributed by atoms with Gasteiger partial charge in [0.25, 0.3) is 5.91 Å². The van der Waals surface area contributed by atoms with E-state index < -0.39 is 5.97 Å². The fraction of sp³-hybridized carbons (Fsp3) is 0.304. The van der Waals surface area contributed by atoms with Gasteiger partial charge in [-0.3, -0.25) is 4.79 Å². The van der Waals surface area contributed by atoms with Crippen molar-refractivity contribution in [2.45, 2.75) is 6.92 Å². The second-order valence-electron chi connectivity index (χ2n) is 6.73. The average Bonchev–Trinajstić information content (AvgIpc) is 2.77. The van der Waals surface area contributed by atoms with Crippen molar-refractivity contribution in [3.63, 3.8) is 0 Å². The van der Waals surface area contributed by atoms with Gasteiger partial charge in [-0.05, 0) is 31.2 Å². The average molecular weight is 412 g/mol. The lowest BCUT2D eigenvalue weighted by Gasteiger charge is -2.36. The van der Waals surface area contributed by atoms with Crippen LogP contribution in [0.25, 0.3) is 6.08 Å². The van der Waals surface area contributed by atoms with E-state index in [2.05, 4.69) is 0 Å². The van der Waals surface area contributed by atoms with E-state index in [4.69, 9.17) is 9.47 Å². The maximum Gasteiger partial charge on any atom is 0.331 e. The summed E-state index contributed by atoms with van der Waals surface area (Å²) < 4.78 is 24.5. The highest BCUT2D eigenvalue weighted by Gasteiger charge is 2.23. The lowest BCUT2D eigenvalue weighted by atomic mass is 10.2. The fourth-order valence-electron chi connectivity index (χ4n) is 3.24. The van der Waals surface area contributed by atoms with E-state index in [9.17, 15) is 14.0 Å². The van der Waals surface area contributed by atoms with Crippen molar-refractivity contribution < 1.29 is 23.5 Å². The second kappa shape index (κ2) is 10.4. The van der Waals surface area contributed by atoms with Crippen LogP contribution in [0.4, 0.5) is 10.1 Å². The lowest BCUT2D eigenvalue weighted by Crippen LogP contribution is -2.50. The molecular formula is C23H25FN2O4. The number of para-hydroxylation sites is 2. The van der Waals surface area contributed by atoms with Crippen LogP contribution in [0.15, 0.2) is 54.6 Å². The predicted molar refractivity (Wildman–Crippen MR) is 113 cm³/mol. The van der Waals surface area contributed by atoms with Gasteiger partial charge in [-0.2, -0.15) is 0 Å². The van der Waals surface area contributed by atoms with Crippen LogP contribution in [0, 0.1) is 5.82 Å². The van der Waals surface area contributed by atoms with E-state index in [1.165, 1.54) is 12.1 Å². The Hall–Kier alpha value is -3.35. The first-order chi connectivity index (χ1) is 14.6. The molecule has 0 atom stereocenters. The molecule has 0 aliphatic carbocycles. The summed E-state index contributed by atoms with van der Waals surface area (Å²) in [5, 5.41) is 0. The van der Waals surface area contributed by atoms with E-state index in [0.717, 1.165) is 5.56 Å². The summed E-state index contributed by atoms with van der Waals surface area (Å²) in [6.07, 6.45) is 2.88. The molecule has 30 heavy (non-hydrogen) atoms. The van der Waals surface area contributed by atoms with Crippen molar-refractivity contribution in [3.8, 4) is 5.75 Å². The zero-order valence-electron chi connectivity index (χ0n) is 16.9. The van der Waals surface area contributed by atoms with Gasteiger partial charge < -0.3 is 19.3 Å². The number of rotatable bonds is 7. The third kappa shape index (κ3) is 5.59. The number of nitrogens with zero attached hydrogens (tertiary/aromatic N) is 2. The Morgan fingerprint density at radius 2 is 1.73 bits per heavy atom. The van der Waals surface area contributed by atoms with Gasteiger partial charge in [-0.15, -0.1) is 0 Å². The summed E-state index contributed by atoms with van der Waals surface area (Å²) in [4.78, 5) is 27.8. The molecule has 1 fully saturated rings. The number of piperazine rings is 1. The number of carbonyl (C=O) groups excluding carboxylic acids is 2. The van der Waals surface area contributed by atoms with Gasteiger partial charge in [0.05, 0.1) is 12.3 Å². The molecule has 158 valence electrons. The van der Waals surface area contributed by atoms with E-state index >= 15 is 0 Å². The van der Waals surface area contributed by atoms with Crippen molar-refractivity contribution in [2.24, 2.45) is 0 Å². The number of benzene rings is 2. The number of amides is 1. The fourth-order valence-corrected chi connectivity index (χ4v) is 3.24. The van der Waals surface area contributed by atoms with Gasteiger partial charge in [-0.25, -0.2) is 9.18 Å². The Kier molecular flexibility index (Phi) is 7.43. The first-order valence-corrected chi connectivity index (χ1v) is 9.92. The smallest absolute Gasteiger partial charge is 0.331 e. The van der Waals surface area contributed by atoms with E-state index in [0.29, 0.717) is 44.2 Å². The van der Waals surface area contributed by atoms with Crippen LogP contribution in [-0.4, -0.2) is 56.2 Å². The highest BCUT2D eigenvalue weighted by atomic mass is 19.1. The zero-order chi connectivity index (χ0) is 21.3. The summed E-state index contributed by atoms with van der Waals surface area (Å²) in [6, 6.07) is 13.9. The molecule has 0 unspecified atom stereocenters. The van der Waals surface area contributed by atoms with Crippen molar-refractivity contribution in [3.05, 3.63) is 66.0 Å². The number of anilines is 1. The SMILES string of the molecule is CCOc1ccccc1/C=C/C(=O)OCC(=O)N1CCN(c2ccccc2F)CC1. The van der Waals surface area contributed by atoms with Gasteiger partial charge >= 0.3 is 5.97 Å². The van der Waals surface area contributed by atoms with Crippen LogP contribution >= 0.6 is 0 Å². The van der Waals surface area contributed by atoms with Gasteiger partial charge in [0.2, 0.25) is 0 Å². The minimum Gasteiger partial charge on any atom is -0.493 e. The standard InChI is InChI=1S/C23H25FN2O4/c1-2-29-21-10-6-3-7-18(21)11-12-23(28)30-17-22(27)26-15-13-25(14-16-26)20-9-5-4-8-19(20)24/h3-12H,2,13-17H2,1H3/b12-11+. The maximum atomic E-state index is 13.9. The van der Waals surface area contributed by atoms with Gasteiger partial charge in [0.1, 0.15) is 11.6 Å². The summed E-state index contributed by atoms with van der Waals surface area (Å²) in [7, 11) is 0. The Balaban J connectivity index is 1.46. The number of hydrogen-bond donors (Lipinski definition) is 0. The predicted octanol–water partition coefficient (Wildman–Crippen LogP) is 3.13. The summed E-state index contributed by atoms with van der Waals surface area (Å²) in [6.45, 7) is 4.02. The topological polar surface area (TPSA) is 59.1 Å². The van der Waals surface area contributed by atoms with Crippen LogP contribution in [0.3, 0.4) is 0 Å². The molecule has 6 nitrogen and oxygen atoms in total. The van der Waals surface area contributed by atoms with Crippen molar-refractivity contribution in [2.75, 3.05) is 44.3 Å². The number of esters is 1. The van der Waals surface area contributed by atoms with Crippen LogP contribution in [0.1, 0.15) is 12.5 Å². The van der Waals surface area contributed by atoms with Crippen LogP contribution in [0.5, 0.6) is 5.75 Å². The van der Waals surface area contributed by atoms with E-state index in [1.54, 1.807) is 29.2 Å². The van der Waals surface area contributed by atoms with Gasteiger partial charge in [0.15, 0.2) is 6.61 Å². The molecule has 1 saturated heterocycles. The minimum atomic E-state index is -0.598. The molecule has 7 heteroatoms. The van der Waals surface area contributed by atoms with Crippen molar-refractivity contribution in [1.82, 2.24) is 4.90 Å². The molecule has 3 rings (SSSR count). The van der Waals surface area contributed by atoms with E-state index in [-0.39, 0.29) is 18.3 Å². The third-order valence-corrected chi connectivity index (χ3v) is 4.78. The van der Waals surface area contributed by atoms with Gasteiger partial charge in [0, 0.05) is 37.8 Å². The molecule has 2 aromatic rings. The van der Waals surface area contributed by atoms with Crippen LogP contribution in [-0.2, 0) is 14.3 Å². The summed E-state index contributed by atoms with van der Waals surface area (Å²) >= 11 is 0. The van der Waals surface area contributed by atoms with Crippen LogP contribution in [0.2, 0.25) is 0 Å². The molecule has 1 heterocycles. The second-order valence-corrected chi connectivity index (χ2v) is 6.73. The summed E-state index contributed by atoms with van der Waals surface area (Å²) in [5.41, 5.74) is 1.29. The molecule has 0 radical (unpaired) electrons. The number of halogens is 1. The number of ether oxygens (including phenoxy) is 2. The Morgan fingerprint density at radius 1 is 1.03 bits per heavy atom. The quantitative estimate of drug-likeness (QED) is 0.517. The molecule has 1 amide bonds. The van der Waals surface area contributed by atoms with E-state index in [1.807, 2.05) is 36.1 Å². The van der Waals surface area contributed by atoms with Crippen molar-refractivity contribution >= 4 is 23.6 Å². The highest BCUT2D eigenvalue weighted by Crippen LogP contribution is 2.21. The lowest BCUT2D eigenvalue weighted by molar-refractivity contribution is -0.148. The number of hydrogen-bond acceptors (Lipinski definition) is 5. The normalized spacial score (nSPS) is 14.1. The largest absolute Gasteiger partial charge is 0.493 e. The first-order valence-electron chi connectivity index (χ1n) is 9.92. The highest BCUT2D eigenvalue weighted by molar-refractivity contribution is 5.89. The monoisotopic (exact) mass is 412 g/mol. The molecule has 0 bridgehead atoms. The third-order valence-electron chi connectivity index (χ3n) is 4.78. The van der Waals surface area contributed by atoms with Gasteiger partial charge in [-0.1, -0.05) is 30.3 Å². The molecule has 1 aliphatic rings. The van der Waals surface area contributed by atoms with Crippen molar-refractivity contribution in [1.29, 1.82) is 0 Å². The Morgan fingerprint density at radius 3 is 2.47 bits per heavy atom. The molecule has 2 aromatic carbocycles. The summed E-state index contributed by atoms with van der Waals surface area (Å²) in [5.74, 6) is -0.462. The Bertz CT molecular complexity index is 908. The molecule has 0 aromatic heterocycles. The molecule has 0 spiro atoms. The molecule has 0 saturated carbocycles. The maximum absolute atomic E-state index is 13.9. The van der Waals surface area contributed by atoms with Crippen LogP contribution < -0.4 is 9.64 Å². The number of carbonyl (C=O) groups is 2. The zero-order valence-corrected chi connectivity index (χ0v) is 16.9. The first kappa shape index (κ1) is 21.4. The molecule has 0 N–H and O–H groups in total. The molecular weight excluding hydrogens is 387 g/mol. The Labute approximate surface area is 175 Å². The molecule has 1 aliphatic heterocycles. The minimum absolute atomic E-state index is 0.264.